The molecule has 1 amide bonds. The maximum atomic E-state index is 10.5. The standard InChI is InChI=1S/C6H12NO/c1-4-6(8)7-5(2)3/h4H2,1-3H3,(H,7,8). The Morgan fingerprint density at radius 2 is 2.00 bits per heavy atom. The van der Waals surface area contributed by atoms with Crippen molar-refractivity contribution in [2.75, 3.05) is 0 Å². The van der Waals surface area contributed by atoms with Crippen LogP contribution in [-0.2, 0) is 4.79 Å². The molecule has 0 saturated carbocycles. The highest BCUT2D eigenvalue weighted by atomic mass is 16.1. The number of carbonyl (C=O) groups is 1. The lowest BCUT2D eigenvalue weighted by Crippen LogP contribution is -2.23. The molecule has 0 atom stereocenters. The molecular weight excluding hydrogens is 102 g/mol. The first-order valence-electron chi connectivity index (χ1n) is 2.76. The molecule has 2 nitrogen and oxygen atoms in total. The van der Waals surface area contributed by atoms with Crippen LogP contribution >= 0.6 is 0 Å². The Balaban J connectivity index is 3.25. The van der Waals surface area contributed by atoms with Gasteiger partial charge in [-0.2, -0.15) is 0 Å². The summed E-state index contributed by atoms with van der Waals surface area (Å²) in [6.45, 7) is 5.57. The summed E-state index contributed by atoms with van der Waals surface area (Å²) >= 11 is 0. The highest BCUT2D eigenvalue weighted by molar-refractivity contribution is 5.76. The Bertz CT molecular complexity index is 78.6. The molecule has 0 aromatic rings. The summed E-state index contributed by atoms with van der Waals surface area (Å²) in [7, 11) is 0. The monoisotopic (exact) mass is 114 g/mol. The van der Waals surface area contributed by atoms with Gasteiger partial charge in [0, 0.05) is 6.42 Å². The summed E-state index contributed by atoms with van der Waals surface area (Å²) in [6.07, 6.45) is 0.561. The smallest absolute Gasteiger partial charge is 0.220 e. The Labute approximate surface area is 50.3 Å². The molecule has 0 aliphatic rings. The van der Waals surface area contributed by atoms with Crippen LogP contribution < -0.4 is 5.32 Å². The Morgan fingerprint density at radius 3 is 2.12 bits per heavy atom. The van der Waals surface area contributed by atoms with Crippen LogP contribution in [0.15, 0.2) is 0 Å². The van der Waals surface area contributed by atoms with E-state index in [4.69, 9.17) is 0 Å². The topological polar surface area (TPSA) is 29.1 Å². The summed E-state index contributed by atoms with van der Waals surface area (Å²) in [5, 5.41) is 2.67. The minimum absolute atomic E-state index is 0.0880. The lowest BCUT2D eigenvalue weighted by Gasteiger charge is -2.03. The molecule has 0 saturated heterocycles. The van der Waals surface area contributed by atoms with E-state index in [1.54, 1.807) is 0 Å². The first-order valence-corrected chi connectivity index (χ1v) is 2.76. The van der Waals surface area contributed by atoms with Gasteiger partial charge in [0.2, 0.25) is 5.91 Å². The molecule has 0 spiro atoms. The molecular formula is C6H12NO. The zero-order valence-electron chi connectivity index (χ0n) is 5.62. The van der Waals surface area contributed by atoms with Gasteiger partial charge >= 0.3 is 0 Å². The van der Waals surface area contributed by atoms with E-state index in [-0.39, 0.29) is 5.91 Å². The fourth-order valence-corrected chi connectivity index (χ4v) is 0.367. The van der Waals surface area contributed by atoms with E-state index in [9.17, 15) is 4.79 Å². The van der Waals surface area contributed by atoms with Crippen LogP contribution in [-0.4, -0.2) is 5.91 Å². The lowest BCUT2D eigenvalue weighted by molar-refractivity contribution is -0.120. The number of amides is 1. The number of hydrogen-bond acceptors (Lipinski definition) is 1. The maximum absolute atomic E-state index is 10.5. The molecule has 1 radical (unpaired) electrons. The van der Waals surface area contributed by atoms with Crippen molar-refractivity contribution in [2.45, 2.75) is 27.2 Å². The largest absolute Gasteiger partial charge is 0.349 e. The van der Waals surface area contributed by atoms with Crippen LogP contribution in [0.1, 0.15) is 27.2 Å². The van der Waals surface area contributed by atoms with Gasteiger partial charge in [-0.1, -0.05) is 6.92 Å². The van der Waals surface area contributed by atoms with Gasteiger partial charge in [-0.05, 0) is 13.8 Å². The van der Waals surface area contributed by atoms with Crippen LogP contribution in [0.4, 0.5) is 0 Å². The van der Waals surface area contributed by atoms with Crippen LogP contribution in [0.2, 0.25) is 0 Å². The lowest BCUT2D eigenvalue weighted by atomic mass is 10.3. The van der Waals surface area contributed by atoms with Crippen molar-refractivity contribution in [2.24, 2.45) is 0 Å². The van der Waals surface area contributed by atoms with Crippen molar-refractivity contribution in [3.8, 4) is 0 Å². The van der Waals surface area contributed by atoms with E-state index in [1.165, 1.54) is 0 Å². The molecule has 0 aromatic heterocycles. The predicted octanol–water partition coefficient (Wildman–Crippen LogP) is 1.08. The van der Waals surface area contributed by atoms with Gasteiger partial charge in [0.15, 0.2) is 0 Å². The predicted molar refractivity (Wildman–Crippen MR) is 33.0 cm³/mol. The van der Waals surface area contributed by atoms with Crippen LogP contribution in [0.25, 0.3) is 0 Å². The summed E-state index contributed by atoms with van der Waals surface area (Å²) in [5.74, 6) is 0.0880. The average molecular weight is 114 g/mol. The van der Waals surface area contributed by atoms with Crippen molar-refractivity contribution in [3.05, 3.63) is 6.04 Å². The molecule has 0 bridgehead atoms. The highest BCUT2D eigenvalue weighted by Crippen LogP contribution is 1.87. The molecule has 47 valence electrons. The van der Waals surface area contributed by atoms with Crippen LogP contribution in [0, 0.1) is 6.04 Å². The zero-order chi connectivity index (χ0) is 6.57. The maximum Gasteiger partial charge on any atom is 0.220 e. The Kier molecular flexibility index (Phi) is 3.24. The minimum atomic E-state index is 0.0880. The van der Waals surface area contributed by atoms with Gasteiger partial charge < -0.3 is 5.32 Å². The fraction of sp³-hybridized carbons (Fsp3) is 0.667. The molecule has 0 rings (SSSR count). The van der Waals surface area contributed by atoms with Crippen molar-refractivity contribution >= 4 is 5.91 Å². The third-order valence-corrected chi connectivity index (χ3v) is 0.711. The second-order valence-electron chi connectivity index (χ2n) is 1.90. The van der Waals surface area contributed by atoms with E-state index in [0.29, 0.717) is 6.42 Å². The van der Waals surface area contributed by atoms with Crippen molar-refractivity contribution < 1.29 is 4.79 Å². The van der Waals surface area contributed by atoms with Crippen molar-refractivity contribution in [3.63, 3.8) is 0 Å². The minimum Gasteiger partial charge on any atom is -0.349 e. The third kappa shape index (κ3) is 3.65. The molecule has 0 fully saturated rings. The summed E-state index contributed by atoms with van der Waals surface area (Å²) in [5.41, 5.74) is 0. The average Bonchev–Trinajstić information content (AvgIpc) is 1.65. The molecule has 0 aliphatic carbocycles. The van der Waals surface area contributed by atoms with Gasteiger partial charge in [-0.3, -0.25) is 4.79 Å². The first-order chi connectivity index (χ1) is 3.66. The van der Waals surface area contributed by atoms with Crippen molar-refractivity contribution in [1.29, 1.82) is 0 Å². The van der Waals surface area contributed by atoms with Gasteiger partial charge in [-0.15, -0.1) is 0 Å². The number of carbonyl (C=O) groups excluding carboxylic acids is 1. The van der Waals surface area contributed by atoms with E-state index in [1.807, 2.05) is 20.8 Å². The summed E-state index contributed by atoms with van der Waals surface area (Å²) in [4.78, 5) is 10.5. The van der Waals surface area contributed by atoms with Gasteiger partial charge in [0.05, 0.1) is 6.04 Å². The van der Waals surface area contributed by atoms with Crippen LogP contribution in [0.3, 0.4) is 0 Å². The number of nitrogens with one attached hydrogen (secondary N) is 1. The van der Waals surface area contributed by atoms with E-state index >= 15 is 0 Å². The quantitative estimate of drug-likeness (QED) is 0.572. The fourth-order valence-electron chi connectivity index (χ4n) is 0.367. The molecule has 0 aromatic carbocycles. The third-order valence-electron chi connectivity index (χ3n) is 0.711. The Morgan fingerprint density at radius 1 is 1.50 bits per heavy atom. The molecule has 0 heterocycles. The van der Waals surface area contributed by atoms with Gasteiger partial charge in [0.25, 0.3) is 0 Å². The highest BCUT2D eigenvalue weighted by Gasteiger charge is 1.97. The summed E-state index contributed by atoms with van der Waals surface area (Å²) in [6, 6.07) is 0.955. The summed E-state index contributed by atoms with van der Waals surface area (Å²) < 4.78 is 0. The molecule has 0 aliphatic heterocycles. The van der Waals surface area contributed by atoms with Crippen molar-refractivity contribution in [1.82, 2.24) is 5.32 Å². The first kappa shape index (κ1) is 7.47. The van der Waals surface area contributed by atoms with E-state index in [2.05, 4.69) is 5.32 Å². The zero-order valence-corrected chi connectivity index (χ0v) is 5.62. The number of rotatable bonds is 2. The molecule has 8 heavy (non-hydrogen) atoms. The number of hydrogen-bond donors (Lipinski definition) is 1. The molecule has 2 heteroatoms. The second kappa shape index (κ2) is 3.47. The van der Waals surface area contributed by atoms with E-state index in [0.717, 1.165) is 6.04 Å². The second-order valence-corrected chi connectivity index (χ2v) is 1.90. The van der Waals surface area contributed by atoms with Crippen LogP contribution in [0.5, 0.6) is 0 Å². The van der Waals surface area contributed by atoms with Gasteiger partial charge in [0.1, 0.15) is 0 Å². The van der Waals surface area contributed by atoms with E-state index < -0.39 is 0 Å². The SMILES string of the molecule is CCC(=O)N[C](C)C. The molecule has 0 unspecified atom stereocenters. The van der Waals surface area contributed by atoms with Gasteiger partial charge in [-0.25, -0.2) is 0 Å². The molecule has 1 N–H and O–H groups in total. The normalized spacial score (nSPS) is 9.50. The Hall–Kier alpha value is -0.530.